The van der Waals surface area contributed by atoms with E-state index >= 15 is 0 Å². The van der Waals surface area contributed by atoms with Crippen molar-refractivity contribution in [2.75, 3.05) is 25.5 Å². The smallest absolute Gasteiger partial charge is 0.337 e. The number of nitrogens with zero attached hydrogens (tertiary/aromatic N) is 1. The van der Waals surface area contributed by atoms with Gasteiger partial charge in [0.1, 0.15) is 0 Å². The summed E-state index contributed by atoms with van der Waals surface area (Å²) in [7, 11) is 1.34. The summed E-state index contributed by atoms with van der Waals surface area (Å²) in [4.78, 5) is 26.8. The summed E-state index contributed by atoms with van der Waals surface area (Å²) in [6, 6.07) is 25.2. The van der Waals surface area contributed by atoms with Gasteiger partial charge in [-0.05, 0) is 79.7 Å². The molecule has 0 atom stereocenters. The summed E-state index contributed by atoms with van der Waals surface area (Å²) in [5.74, 6) is 0.122. The number of ether oxygens (including phenoxy) is 1. The van der Waals surface area contributed by atoms with E-state index in [4.69, 9.17) is 4.74 Å². The second-order valence-electron chi connectivity index (χ2n) is 8.63. The van der Waals surface area contributed by atoms with Gasteiger partial charge in [-0.15, -0.1) is 0 Å². The normalized spacial score (nSPS) is 14.6. The molecule has 0 aliphatic carbocycles. The highest BCUT2D eigenvalue weighted by molar-refractivity contribution is 6.04. The van der Waals surface area contributed by atoms with Crippen molar-refractivity contribution < 1.29 is 14.3 Å². The third kappa shape index (κ3) is 6.30. The van der Waals surface area contributed by atoms with Crippen LogP contribution in [0.5, 0.6) is 0 Å². The van der Waals surface area contributed by atoms with E-state index < -0.39 is 5.97 Å². The zero-order chi connectivity index (χ0) is 23.0. The van der Waals surface area contributed by atoms with Gasteiger partial charge in [0, 0.05) is 17.8 Å². The fourth-order valence-electron chi connectivity index (χ4n) is 4.36. The quantitative estimate of drug-likeness (QED) is 0.512. The predicted molar refractivity (Wildman–Crippen MR) is 130 cm³/mol. The van der Waals surface area contributed by atoms with Crippen molar-refractivity contribution in [2.24, 2.45) is 5.92 Å². The minimum Gasteiger partial charge on any atom is -0.465 e. The number of methoxy groups -OCH3 is 1. The molecule has 1 N–H and O–H groups in total. The Hall–Kier alpha value is -3.44. The number of rotatable bonds is 7. The van der Waals surface area contributed by atoms with Crippen LogP contribution in [0.3, 0.4) is 0 Å². The maximum absolute atomic E-state index is 12.6. The van der Waals surface area contributed by atoms with E-state index in [1.165, 1.54) is 37.5 Å². The minimum atomic E-state index is -0.431. The van der Waals surface area contributed by atoms with Crippen LogP contribution in [-0.4, -0.2) is 37.0 Å². The topological polar surface area (TPSA) is 58.6 Å². The molecule has 1 saturated heterocycles. The van der Waals surface area contributed by atoms with Crippen LogP contribution in [0.2, 0.25) is 0 Å². The van der Waals surface area contributed by atoms with Gasteiger partial charge in [0.15, 0.2) is 0 Å². The van der Waals surface area contributed by atoms with Crippen LogP contribution >= 0.6 is 0 Å². The molecule has 1 aliphatic rings. The molecule has 1 amide bonds. The number of nitrogens with one attached hydrogen (secondary N) is 1. The number of amides is 1. The van der Waals surface area contributed by atoms with E-state index in [2.05, 4.69) is 40.5 Å². The Kier molecular flexibility index (Phi) is 7.53. The van der Waals surface area contributed by atoms with E-state index in [0.717, 1.165) is 25.6 Å². The molecule has 0 radical (unpaired) electrons. The van der Waals surface area contributed by atoms with Gasteiger partial charge in [0.2, 0.25) is 0 Å². The van der Waals surface area contributed by atoms with Gasteiger partial charge in [0.05, 0.1) is 12.7 Å². The lowest BCUT2D eigenvalue weighted by Gasteiger charge is -2.32. The van der Waals surface area contributed by atoms with Crippen molar-refractivity contribution in [3.05, 3.63) is 101 Å². The zero-order valence-electron chi connectivity index (χ0n) is 19.0. The van der Waals surface area contributed by atoms with Crippen LogP contribution in [0.1, 0.15) is 44.7 Å². The third-order valence-electron chi connectivity index (χ3n) is 6.24. The van der Waals surface area contributed by atoms with Crippen molar-refractivity contribution in [1.29, 1.82) is 0 Å². The lowest BCUT2D eigenvalue weighted by atomic mass is 9.90. The Morgan fingerprint density at radius 2 is 1.61 bits per heavy atom. The molecule has 0 aromatic heterocycles. The lowest BCUT2D eigenvalue weighted by Crippen LogP contribution is -2.33. The Balaban J connectivity index is 1.27. The average molecular weight is 443 g/mol. The van der Waals surface area contributed by atoms with Crippen LogP contribution in [-0.2, 0) is 17.7 Å². The van der Waals surface area contributed by atoms with Crippen LogP contribution in [0, 0.1) is 5.92 Å². The number of benzene rings is 3. The first kappa shape index (κ1) is 22.7. The van der Waals surface area contributed by atoms with Gasteiger partial charge >= 0.3 is 5.97 Å². The third-order valence-corrected chi connectivity index (χ3v) is 6.24. The molecular formula is C28H30N2O3. The monoisotopic (exact) mass is 442 g/mol. The van der Waals surface area contributed by atoms with Crippen LogP contribution in [0.15, 0.2) is 78.9 Å². The summed E-state index contributed by atoms with van der Waals surface area (Å²) in [5.41, 5.74) is 4.19. The number of esters is 1. The molecule has 4 rings (SSSR count). The second kappa shape index (κ2) is 10.9. The Bertz CT molecular complexity index is 1070. The number of anilines is 1. The Morgan fingerprint density at radius 1 is 0.879 bits per heavy atom. The zero-order valence-corrected chi connectivity index (χ0v) is 19.0. The molecule has 1 aliphatic heterocycles. The first-order valence-corrected chi connectivity index (χ1v) is 11.5. The number of piperidine rings is 1. The van der Waals surface area contributed by atoms with Crippen LogP contribution < -0.4 is 5.32 Å². The van der Waals surface area contributed by atoms with E-state index in [9.17, 15) is 9.59 Å². The molecule has 3 aromatic rings. The molecule has 170 valence electrons. The summed E-state index contributed by atoms with van der Waals surface area (Å²) < 4.78 is 4.73. The van der Waals surface area contributed by atoms with Gasteiger partial charge in [-0.3, -0.25) is 9.69 Å². The van der Waals surface area contributed by atoms with Crippen LogP contribution in [0.4, 0.5) is 5.69 Å². The maximum atomic E-state index is 12.6. The highest BCUT2D eigenvalue weighted by Crippen LogP contribution is 2.23. The summed E-state index contributed by atoms with van der Waals surface area (Å²) in [6.45, 7) is 3.12. The number of carbonyl (C=O) groups excluding carboxylic acids is 2. The number of hydrogen-bond acceptors (Lipinski definition) is 4. The van der Waals surface area contributed by atoms with Crippen molar-refractivity contribution in [2.45, 2.75) is 25.8 Å². The molecule has 1 fully saturated rings. The van der Waals surface area contributed by atoms with E-state index in [1.807, 2.05) is 24.3 Å². The predicted octanol–water partition coefficient (Wildman–Crippen LogP) is 5.18. The molecule has 0 bridgehead atoms. The lowest BCUT2D eigenvalue weighted by molar-refractivity contribution is 0.0600. The SMILES string of the molecule is COC(=O)c1cccc(NC(=O)c2ccc(CN3CCC(Cc4ccccc4)CC3)cc2)c1. The molecule has 0 unspecified atom stereocenters. The summed E-state index contributed by atoms with van der Waals surface area (Å²) in [6.07, 6.45) is 3.61. The first-order valence-electron chi connectivity index (χ1n) is 11.5. The molecule has 1 heterocycles. The Morgan fingerprint density at radius 3 is 2.30 bits per heavy atom. The van der Waals surface area contributed by atoms with Crippen molar-refractivity contribution in [1.82, 2.24) is 4.90 Å². The van der Waals surface area contributed by atoms with E-state index in [1.54, 1.807) is 24.3 Å². The average Bonchev–Trinajstić information content (AvgIpc) is 2.86. The molecular weight excluding hydrogens is 412 g/mol. The fourth-order valence-corrected chi connectivity index (χ4v) is 4.36. The molecule has 0 saturated carbocycles. The first-order chi connectivity index (χ1) is 16.1. The molecule has 5 nitrogen and oxygen atoms in total. The second-order valence-corrected chi connectivity index (χ2v) is 8.63. The highest BCUT2D eigenvalue weighted by atomic mass is 16.5. The van der Waals surface area contributed by atoms with Crippen molar-refractivity contribution in [3.8, 4) is 0 Å². The van der Waals surface area contributed by atoms with Gasteiger partial charge in [-0.25, -0.2) is 4.79 Å². The number of hydrogen-bond donors (Lipinski definition) is 1. The van der Waals surface area contributed by atoms with Gasteiger partial charge in [-0.1, -0.05) is 48.5 Å². The van der Waals surface area contributed by atoms with E-state index in [0.29, 0.717) is 16.8 Å². The molecule has 0 spiro atoms. The van der Waals surface area contributed by atoms with Crippen molar-refractivity contribution >= 4 is 17.6 Å². The largest absolute Gasteiger partial charge is 0.465 e. The van der Waals surface area contributed by atoms with Gasteiger partial charge in [0.25, 0.3) is 5.91 Å². The van der Waals surface area contributed by atoms with Gasteiger partial charge in [-0.2, -0.15) is 0 Å². The van der Waals surface area contributed by atoms with Gasteiger partial charge < -0.3 is 10.1 Å². The fraction of sp³-hybridized carbons (Fsp3) is 0.286. The molecule has 3 aromatic carbocycles. The highest BCUT2D eigenvalue weighted by Gasteiger charge is 2.19. The maximum Gasteiger partial charge on any atom is 0.337 e. The van der Waals surface area contributed by atoms with Crippen molar-refractivity contribution in [3.63, 3.8) is 0 Å². The molecule has 33 heavy (non-hydrogen) atoms. The number of likely N-dealkylation sites (tertiary alicyclic amines) is 1. The van der Waals surface area contributed by atoms with Crippen LogP contribution in [0.25, 0.3) is 0 Å². The Labute approximate surface area is 195 Å². The summed E-state index contributed by atoms with van der Waals surface area (Å²) in [5, 5.41) is 2.85. The summed E-state index contributed by atoms with van der Waals surface area (Å²) >= 11 is 0. The number of carbonyl (C=O) groups is 2. The van der Waals surface area contributed by atoms with E-state index in [-0.39, 0.29) is 5.91 Å². The standard InChI is InChI=1S/C28H30N2O3/c1-33-28(32)25-8-5-9-26(19-25)29-27(31)24-12-10-23(11-13-24)20-30-16-14-22(15-17-30)18-21-6-3-2-4-7-21/h2-13,19,22H,14-18,20H2,1H3,(H,29,31). The minimum absolute atomic E-state index is 0.203. The molecule has 5 heteroatoms.